The summed E-state index contributed by atoms with van der Waals surface area (Å²) in [4.78, 5) is 12.5. The molecular formula is C21H23NO4S. The maximum atomic E-state index is 13.2. The lowest BCUT2D eigenvalue weighted by Gasteiger charge is -2.50. The average Bonchev–Trinajstić information content (AvgIpc) is 2.68. The van der Waals surface area contributed by atoms with E-state index in [2.05, 4.69) is 0 Å². The Kier molecular flexibility index (Phi) is 4.88. The van der Waals surface area contributed by atoms with Crippen LogP contribution in [0.25, 0.3) is 0 Å². The highest BCUT2D eigenvalue weighted by molar-refractivity contribution is 7.89. The summed E-state index contributed by atoms with van der Waals surface area (Å²) in [6.45, 7) is 2.81. The quantitative estimate of drug-likeness (QED) is 0.767. The van der Waals surface area contributed by atoms with Gasteiger partial charge in [0.2, 0.25) is 10.0 Å². The molecule has 3 fully saturated rings. The van der Waals surface area contributed by atoms with Crippen molar-refractivity contribution in [3.8, 4) is 0 Å². The monoisotopic (exact) mass is 385 g/mol. The number of hydrogen-bond acceptors (Lipinski definition) is 4. The molecule has 3 atom stereocenters. The van der Waals surface area contributed by atoms with Gasteiger partial charge in [-0.05, 0) is 31.0 Å². The summed E-state index contributed by atoms with van der Waals surface area (Å²) in [7, 11) is -3.65. The van der Waals surface area contributed by atoms with Crippen molar-refractivity contribution in [1.29, 1.82) is 0 Å². The first kappa shape index (κ1) is 18.3. The fraction of sp³-hybridized carbons (Fsp3) is 0.381. The summed E-state index contributed by atoms with van der Waals surface area (Å²) in [6, 6.07) is 16.2. The van der Waals surface area contributed by atoms with Gasteiger partial charge in [0.25, 0.3) is 0 Å². The molecule has 6 heteroatoms. The van der Waals surface area contributed by atoms with Crippen LogP contribution < -0.4 is 0 Å². The van der Waals surface area contributed by atoms with E-state index in [1.54, 1.807) is 24.3 Å². The number of sulfonamides is 1. The van der Waals surface area contributed by atoms with Gasteiger partial charge < -0.3 is 4.74 Å². The summed E-state index contributed by atoms with van der Waals surface area (Å²) in [5.41, 5.74) is 2.03. The highest BCUT2D eigenvalue weighted by atomic mass is 32.2. The Morgan fingerprint density at radius 1 is 1.07 bits per heavy atom. The van der Waals surface area contributed by atoms with Crippen molar-refractivity contribution < 1.29 is 17.9 Å². The van der Waals surface area contributed by atoms with E-state index in [-0.39, 0.29) is 35.7 Å². The molecule has 0 amide bonds. The Balaban J connectivity index is 1.53. The highest BCUT2D eigenvalue weighted by Gasteiger charge is 2.55. The number of Topliss-reactive ketones (excluding diaryl/α,β-unsaturated/α-hetero) is 1. The number of aryl methyl sites for hydroxylation is 1. The van der Waals surface area contributed by atoms with Gasteiger partial charge in [-0.1, -0.05) is 48.0 Å². The number of fused-ring (bicyclic) bond motifs is 2. The maximum Gasteiger partial charge on any atom is 0.243 e. The molecular weight excluding hydrogens is 362 g/mol. The predicted molar refractivity (Wildman–Crippen MR) is 102 cm³/mol. The summed E-state index contributed by atoms with van der Waals surface area (Å²) < 4.78 is 33.7. The summed E-state index contributed by atoms with van der Waals surface area (Å²) >= 11 is 0. The van der Waals surface area contributed by atoms with Crippen LogP contribution >= 0.6 is 0 Å². The normalized spacial score (nSPS) is 25.2. The third kappa shape index (κ3) is 3.45. The van der Waals surface area contributed by atoms with Crippen LogP contribution in [0.1, 0.15) is 17.5 Å². The van der Waals surface area contributed by atoms with Gasteiger partial charge in [-0.25, -0.2) is 8.42 Å². The van der Waals surface area contributed by atoms with Crippen molar-refractivity contribution >= 4 is 15.8 Å². The number of nitrogens with zero attached hydrogens (tertiary/aromatic N) is 1. The SMILES string of the molecule is Cc1ccc(S(=O)(=O)N2CC3C[C@H](C3=O)[C@@H]2COCc2ccccc2)cc1. The second-order valence-electron chi connectivity index (χ2n) is 7.40. The zero-order valence-electron chi connectivity index (χ0n) is 15.2. The third-order valence-corrected chi connectivity index (χ3v) is 7.47. The topological polar surface area (TPSA) is 63.7 Å². The fourth-order valence-corrected chi connectivity index (χ4v) is 5.63. The minimum Gasteiger partial charge on any atom is -0.375 e. The van der Waals surface area contributed by atoms with Gasteiger partial charge in [-0.15, -0.1) is 0 Å². The summed E-state index contributed by atoms with van der Waals surface area (Å²) in [5, 5.41) is 0. The zero-order valence-corrected chi connectivity index (χ0v) is 16.1. The van der Waals surface area contributed by atoms with Crippen molar-refractivity contribution in [2.75, 3.05) is 13.2 Å². The molecule has 1 saturated carbocycles. The number of ketones is 1. The fourth-order valence-electron chi connectivity index (χ4n) is 3.94. The van der Waals surface area contributed by atoms with Crippen molar-refractivity contribution in [1.82, 2.24) is 4.31 Å². The van der Waals surface area contributed by atoms with Crippen LogP contribution in [0.3, 0.4) is 0 Å². The van der Waals surface area contributed by atoms with Crippen LogP contribution in [-0.4, -0.2) is 37.7 Å². The van der Waals surface area contributed by atoms with E-state index in [0.29, 0.717) is 6.61 Å². The Morgan fingerprint density at radius 2 is 1.78 bits per heavy atom. The second-order valence-corrected chi connectivity index (χ2v) is 9.29. The van der Waals surface area contributed by atoms with Crippen LogP contribution in [0.2, 0.25) is 0 Å². The first-order valence-corrected chi connectivity index (χ1v) is 10.6. The minimum absolute atomic E-state index is 0.166. The molecule has 142 valence electrons. The minimum atomic E-state index is -3.65. The number of carbonyl (C=O) groups is 1. The molecule has 2 heterocycles. The van der Waals surface area contributed by atoms with E-state index in [0.717, 1.165) is 17.5 Å². The van der Waals surface area contributed by atoms with Crippen LogP contribution in [0.5, 0.6) is 0 Å². The number of hydrogen-bond donors (Lipinski definition) is 0. The highest BCUT2D eigenvalue weighted by Crippen LogP contribution is 2.43. The number of benzene rings is 2. The molecule has 2 saturated heterocycles. The standard InChI is InChI=1S/C21H23NO4S/c1-15-7-9-18(10-8-15)27(24,25)22-12-17-11-19(21(17)23)20(22)14-26-13-16-5-3-2-4-6-16/h2-10,17,19-20H,11-14H2,1H3/t17?,19-,20-/m0/s1. The Labute approximate surface area is 160 Å². The van der Waals surface area contributed by atoms with Crippen molar-refractivity contribution in [3.05, 3.63) is 65.7 Å². The molecule has 2 aromatic carbocycles. The van der Waals surface area contributed by atoms with Gasteiger partial charge in [-0.3, -0.25) is 4.79 Å². The van der Waals surface area contributed by atoms with Crippen LogP contribution in [0.4, 0.5) is 0 Å². The van der Waals surface area contributed by atoms with Gasteiger partial charge >= 0.3 is 0 Å². The van der Waals surface area contributed by atoms with E-state index in [1.165, 1.54) is 4.31 Å². The van der Waals surface area contributed by atoms with Crippen LogP contribution in [0, 0.1) is 18.8 Å². The molecule has 0 N–H and O–H groups in total. The lowest BCUT2D eigenvalue weighted by atomic mass is 9.66. The molecule has 2 aliphatic heterocycles. The van der Waals surface area contributed by atoms with Crippen molar-refractivity contribution in [2.45, 2.75) is 30.9 Å². The van der Waals surface area contributed by atoms with E-state index in [1.807, 2.05) is 37.3 Å². The van der Waals surface area contributed by atoms with E-state index in [9.17, 15) is 13.2 Å². The first-order valence-electron chi connectivity index (χ1n) is 9.21. The smallest absolute Gasteiger partial charge is 0.243 e. The number of piperidine rings is 2. The molecule has 5 nitrogen and oxygen atoms in total. The van der Waals surface area contributed by atoms with Crippen LogP contribution in [-0.2, 0) is 26.2 Å². The third-order valence-electron chi connectivity index (χ3n) is 5.57. The summed E-state index contributed by atoms with van der Waals surface area (Å²) in [6.07, 6.45) is 0.762. The van der Waals surface area contributed by atoms with Crippen LogP contribution in [0.15, 0.2) is 59.5 Å². The molecule has 0 spiro atoms. The van der Waals surface area contributed by atoms with Gasteiger partial charge in [-0.2, -0.15) is 4.31 Å². The van der Waals surface area contributed by atoms with E-state index >= 15 is 0 Å². The first-order chi connectivity index (χ1) is 13.0. The largest absolute Gasteiger partial charge is 0.375 e. The molecule has 2 bridgehead atoms. The van der Waals surface area contributed by atoms with Crippen molar-refractivity contribution in [2.24, 2.45) is 11.8 Å². The average molecular weight is 385 g/mol. The molecule has 2 aromatic rings. The molecule has 1 aliphatic carbocycles. The lowest BCUT2D eigenvalue weighted by Crippen LogP contribution is -2.64. The van der Waals surface area contributed by atoms with Gasteiger partial charge in [0.1, 0.15) is 5.78 Å². The van der Waals surface area contributed by atoms with Crippen molar-refractivity contribution in [3.63, 3.8) is 0 Å². The Hall–Kier alpha value is -2.02. The number of carbonyl (C=O) groups excluding carboxylic acids is 1. The molecule has 0 aromatic heterocycles. The van der Waals surface area contributed by atoms with E-state index < -0.39 is 16.1 Å². The molecule has 27 heavy (non-hydrogen) atoms. The predicted octanol–water partition coefficient (Wildman–Crippen LogP) is 2.79. The number of rotatable bonds is 6. The van der Waals surface area contributed by atoms with Gasteiger partial charge in [0.05, 0.1) is 24.2 Å². The lowest BCUT2D eigenvalue weighted by molar-refractivity contribution is -0.147. The molecule has 3 aliphatic rings. The summed E-state index contributed by atoms with van der Waals surface area (Å²) in [5.74, 6) is -0.237. The van der Waals surface area contributed by atoms with E-state index in [4.69, 9.17) is 4.74 Å². The number of ether oxygens (including phenoxy) is 1. The molecule has 5 rings (SSSR count). The Morgan fingerprint density at radius 3 is 2.44 bits per heavy atom. The molecule has 0 radical (unpaired) electrons. The van der Waals surface area contributed by atoms with Gasteiger partial charge in [0.15, 0.2) is 0 Å². The Bertz CT molecular complexity index is 924. The van der Waals surface area contributed by atoms with Gasteiger partial charge in [0, 0.05) is 18.4 Å². The second kappa shape index (κ2) is 7.19. The molecule has 1 unspecified atom stereocenters. The maximum absolute atomic E-state index is 13.2. The zero-order chi connectivity index (χ0) is 19.0.